The summed E-state index contributed by atoms with van der Waals surface area (Å²) < 4.78 is 25.9. The average molecular weight is 297 g/mol. The van der Waals surface area contributed by atoms with E-state index in [0.29, 0.717) is 10.7 Å². The molecular formula is C13H13ClN2O2S. The van der Waals surface area contributed by atoms with Crippen LogP contribution in [0.4, 0.5) is 5.69 Å². The molecule has 6 heteroatoms. The SMILES string of the molecule is Cc1ccc(N(C)S(=O)(=O)c2cccnc2)cc1Cl. The van der Waals surface area contributed by atoms with E-state index in [0.717, 1.165) is 5.56 Å². The van der Waals surface area contributed by atoms with Gasteiger partial charge in [-0.05, 0) is 36.8 Å². The summed E-state index contributed by atoms with van der Waals surface area (Å²) in [5.41, 5.74) is 1.41. The summed E-state index contributed by atoms with van der Waals surface area (Å²) in [4.78, 5) is 3.97. The van der Waals surface area contributed by atoms with E-state index >= 15 is 0 Å². The van der Waals surface area contributed by atoms with Crippen LogP contribution in [0.2, 0.25) is 5.02 Å². The monoisotopic (exact) mass is 296 g/mol. The largest absolute Gasteiger partial charge is 0.269 e. The highest BCUT2D eigenvalue weighted by Gasteiger charge is 2.21. The number of hydrogen-bond acceptors (Lipinski definition) is 3. The van der Waals surface area contributed by atoms with Gasteiger partial charge in [0.05, 0.1) is 5.69 Å². The van der Waals surface area contributed by atoms with E-state index in [2.05, 4.69) is 4.98 Å². The molecule has 1 heterocycles. The maximum atomic E-state index is 12.4. The van der Waals surface area contributed by atoms with Crippen LogP contribution in [0, 0.1) is 6.92 Å². The molecule has 0 unspecified atom stereocenters. The molecule has 0 saturated heterocycles. The zero-order valence-corrected chi connectivity index (χ0v) is 12.1. The van der Waals surface area contributed by atoms with Crippen LogP contribution >= 0.6 is 11.6 Å². The Bertz CT molecular complexity index is 687. The lowest BCUT2D eigenvalue weighted by atomic mass is 10.2. The quantitative estimate of drug-likeness (QED) is 0.875. The van der Waals surface area contributed by atoms with E-state index in [1.165, 1.54) is 29.8 Å². The van der Waals surface area contributed by atoms with Gasteiger partial charge in [-0.1, -0.05) is 17.7 Å². The number of halogens is 1. The number of aromatic nitrogens is 1. The van der Waals surface area contributed by atoms with Gasteiger partial charge in [-0.3, -0.25) is 9.29 Å². The lowest BCUT2D eigenvalue weighted by Crippen LogP contribution is -2.26. The predicted octanol–water partition coefficient (Wildman–Crippen LogP) is 2.87. The molecule has 0 aliphatic carbocycles. The zero-order valence-electron chi connectivity index (χ0n) is 10.5. The topological polar surface area (TPSA) is 50.3 Å². The summed E-state index contributed by atoms with van der Waals surface area (Å²) in [5.74, 6) is 0. The Labute approximate surface area is 117 Å². The molecule has 0 fully saturated rings. The van der Waals surface area contributed by atoms with Crippen LogP contribution in [0.25, 0.3) is 0 Å². The highest BCUT2D eigenvalue weighted by molar-refractivity contribution is 7.92. The molecule has 2 rings (SSSR count). The van der Waals surface area contributed by atoms with Crippen LogP contribution < -0.4 is 4.31 Å². The second kappa shape index (κ2) is 5.19. The first-order valence-electron chi connectivity index (χ1n) is 5.58. The number of anilines is 1. The van der Waals surface area contributed by atoms with Gasteiger partial charge < -0.3 is 0 Å². The van der Waals surface area contributed by atoms with Gasteiger partial charge in [-0.15, -0.1) is 0 Å². The third-order valence-electron chi connectivity index (χ3n) is 2.81. The third kappa shape index (κ3) is 2.72. The number of pyridine rings is 1. The van der Waals surface area contributed by atoms with Gasteiger partial charge in [0.2, 0.25) is 0 Å². The van der Waals surface area contributed by atoms with Crippen molar-refractivity contribution in [3.05, 3.63) is 53.3 Å². The van der Waals surface area contributed by atoms with Gasteiger partial charge in [-0.25, -0.2) is 8.42 Å². The molecule has 1 aromatic heterocycles. The Kier molecular flexibility index (Phi) is 3.78. The van der Waals surface area contributed by atoms with Gasteiger partial charge in [0.15, 0.2) is 0 Å². The molecule has 0 amide bonds. The molecule has 0 aliphatic rings. The Morgan fingerprint density at radius 3 is 2.58 bits per heavy atom. The zero-order chi connectivity index (χ0) is 14.0. The van der Waals surface area contributed by atoms with Crippen LogP contribution in [0.3, 0.4) is 0 Å². The van der Waals surface area contributed by atoms with E-state index in [1.807, 2.05) is 6.92 Å². The first kappa shape index (κ1) is 13.8. The number of hydrogen-bond donors (Lipinski definition) is 0. The fourth-order valence-electron chi connectivity index (χ4n) is 1.57. The average Bonchev–Trinajstić information content (AvgIpc) is 2.42. The first-order valence-corrected chi connectivity index (χ1v) is 7.40. The van der Waals surface area contributed by atoms with E-state index in [-0.39, 0.29) is 4.90 Å². The Morgan fingerprint density at radius 1 is 1.26 bits per heavy atom. The molecule has 1 aromatic carbocycles. The summed E-state index contributed by atoms with van der Waals surface area (Å²) in [6.45, 7) is 1.86. The molecule has 19 heavy (non-hydrogen) atoms. The van der Waals surface area contributed by atoms with Crippen molar-refractivity contribution in [3.8, 4) is 0 Å². The number of aryl methyl sites for hydroxylation is 1. The van der Waals surface area contributed by atoms with Crippen molar-refractivity contribution >= 4 is 27.3 Å². The minimum Gasteiger partial charge on any atom is -0.269 e. The molecule has 0 saturated carbocycles. The van der Waals surface area contributed by atoms with Gasteiger partial charge >= 0.3 is 0 Å². The van der Waals surface area contributed by atoms with Crippen LogP contribution in [0.1, 0.15) is 5.56 Å². The maximum Gasteiger partial charge on any atom is 0.265 e. The fourth-order valence-corrected chi connectivity index (χ4v) is 2.90. The number of nitrogens with zero attached hydrogens (tertiary/aromatic N) is 2. The molecule has 100 valence electrons. The highest BCUT2D eigenvalue weighted by atomic mass is 35.5. The molecule has 2 aromatic rings. The lowest BCUT2D eigenvalue weighted by molar-refractivity contribution is 0.594. The lowest BCUT2D eigenvalue weighted by Gasteiger charge is -2.19. The molecule has 0 radical (unpaired) electrons. The van der Waals surface area contributed by atoms with E-state index in [1.54, 1.807) is 24.3 Å². The summed E-state index contributed by atoms with van der Waals surface area (Å²) in [7, 11) is -2.12. The van der Waals surface area contributed by atoms with Gasteiger partial charge in [0, 0.05) is 24.5 Å². The Balaban J connectivity index is 2.44. The normalized spacial score (nSPS) is 11.3. The molecule has 0 atom stereocenters. The van der Waals surface area contributed by atoms with Crippen LogP contribution in [0.5, 0.6) is 0 Å². The van der Waals surface area contributed by atoms with Crippen LogP contribution in [0.15, 0.2) is 47.6 Å². The van der Waals surface area contributed by atoms with E-state index < -0.39 is 10.0 Å². The van der Waals surface area contributed by atoms with Gasteiger partial charge in [0.1, 0.15) is 4.90 Å². The Morgan fingerprint density at radius 2 is 2.00 bits per heavy atom. The van der Waals surface area contributed by atoms with Gasteiger partial charge in [-0.2, -0.15) is 0 Å². The Hall–Kier alpha value is -1.59. The van der Waals surface area contributed by atoms with Crippen molar-refractivity contribution in [2.45, 2.75) is 11.8 Å². The first-order chi connectivity index (χ1) is 8.93. The summed E-state index contributed by atoms with van der Waals surface area (Å²) in [6.07, 6.45) is 2.85. The molecular weight excluding hydrogens is 284 g/mol. The van der Waals surface area contributed by atoms with Crippen LogP contribution in [-0.4, -0.2) is 20.4 Å². The number of rotatable bonds is 3. The second-order valence-electron chi connectivity index (χ2n) is 4.09. The van der Waals surface area contributed by atoms with Crippen molar-refractivity contribution in [2.75, 3.05) is 11.4 Å². The summed E-state index contributed by atoms with van der Waals surface area (Å²) in [5, 5.41) is 0.533. The van der Waals surface area contributed by atoms with Crippen molar-refractivity contribution in [1.82, 2.24) is 4.98 Å². The molecule has 0 N–H and O–H groups in total. The second-order valence-corrected chi connectivity index (χ2v) is 6.47. The molecule has 0 bridgehead atoms. The molecule has 4 nitrogen and oxygen atoms in total. The third-order valence-corrected chi connectivity index (χ3v) is 4.99. The van der Waals surface area contributed by atoms with E-state index in [9.17, 15) is 8.42 Å². The van der Waals surface area contributed by atoms with Crippen molar-refractivity contribution < 1.29 is 8.42 Å². The number of benzene rings is 1. The highest BCUT2D eigenvalue weighted by Crippen LogP contribution is 2.26. The molecule has 0 aliphatic heterocycles. The van der Waals surface area contributed by atoms with Crippen molar-refractivity contribution in [2.24, 2.45) is 0 Å². The predicted molar refractivity (Wildman–Crippen MR) is 76.0 cm³/mol. The fraction of sp³-hybridized carbons (Fsp3) is 0.154. The van der Waals surface area contributed by atoms with E-state index in [4.69, 9.17) is 11.6 Å². The van der Waals surface area contributed by atoms with Crippen molar-refractivity contribution in [1.29, 1.82) is 0 Å². The minimum atomic E-state index is -3.61. The molecule has 0 spiro atoms. The summed E-state index contributed by atoms with van der Waals surface area (Å²) >= 11 is 6.02. The smallest absolute Gasteiger partial charge is 0.265 e. The van der Waals surface area contributed by atoms with Gasteiger partial charge in [0.25, 0.3) is 10.0 Å². The standard InChI is InChI=1S/C13H13ClN2O2S/c1-10-5-6-11(8-13(10)14)16(2)19(17,18)12-4-3-7-15-9-12/h3-9H,1-2H3. The van der Waals surface area contributed by atoms with Crippen LogP contribution in [-0.2, 0) is 10.0 Å². The summed E-state index contributed by atoms with van der Waals surface area (Å²) in [6, 6.07) is 8.23. The number of sulfonamides is 1. The minimum absolute atomic E-state index is 0.147. The van der Waals surface area contributed by atoms with Crippen molar-refractivity contribution in [3.63, 3.8) is 0 Å². The maximum absolute atomic E-state index is 12.4.